The zero-order valence-corrected chi connectivity index (χ0v) is 12.0. The number of nitrogens with zero attached hydrogens (tertiary/aromatic N) is 1. The first kappa shape index (κ1) is 15.8. The van der Waals surface area contributed by atoms with Gasteiger partial charge in [-0.3, -0.25) is 4.79 Å². The number of rotatable bonds is 8. The number of hydrogen-bond acceptors (Lipinski definition) is 3. The number of carbonyl (C=O) groups excluding carboxylic acids is 1. The Morgan fingerprint density at radius 2 is 2.00 bits per heavy atom. The van der Waals surface area contributed by atoms with Crippen molar-refractivity contribution in [1.82, 2.24) is 4.90 Å². The highest BCUT2D eigenvalue weighted by atomic mass is 35.5. The lowest BCUT2D eigenvalue weighted by Gasteiger charge is -2.17. The zero-order chi connectivity index (χ0) is 14.1. The lowest BCUT2D eigenvalue weighted by Crippen LogP contribution is -2.30. The van der Waals surface area contributed by atoms with Gasteiger partial charge < -0.3 is 15.4 Å². The van der Waals surface area contributed by atoms with Crippen LogP contribution in [0.15, 0.2) is 24.3 Å². The summed E-state index contributed by atoms with van der Waals surface area (Å²) in [5.74, 6) is 0.890. The van der Waals surface area contributed by atoms with Crippen molar-refractivity contribution in [3.8, 4) is 5.75 Å². The third kappa shape index (κ3) is 6.45. The van der Waals surface area contributed by atoms with Crippen LogP contribution in [0.3, 0.4) is 0 Å². The molecule has 2 N–H and O–H groups in total. The van der Waals surface area contributed by atoms with Crippen molar-refractivity contribution in [2.75, 3.05) is 26.7 Å². The molecule has 1 rings (SSSR count). The second kappa shape index (κ2) is 8.77. The number of likely N-dealkylation sites (N-methyl/N-ethyl adjacent to an activating group) is 1. The predicted octanol–water partition coefficient (Wildman–Crippen LogP) is 2.31. The van der Waals surface area contributed by atoms with E-state index in [0.29, 0.717) is 31.1 Å². The Morgan fingerprint density at radius 1 is 1.32 bits per heavy atom. The van der Waals surface area contributed by atoms with E-state index in [1.54, 1.807) is 24.1 Å². The summed E-state index contributed by atoms with van der Waals surface area (Å²) >= 11 is 5.78. The van der Waals surface area contributed by atoms with Crippen LogP contribution in [0.5, 0.6) is 5.75 Å². The van der Waals surface area contributed by atoms with Crippen LogP contribution < -0.4 is 10.5 Å². The molecule has 0 unspecified atom stereocenters. The summed E-state index contributed by atoms with van der Waals surface area (Å²) in [7, 11) is 1.79. The molecule has 1 amide bonds. The first-order valence-electron chi connectivity index (χ1n) is 6.46. The summed E-state index contributed by atoms with van der Waals surface area (Å²) in [5, 5.41) is 0.680. The maximum absolute atomic E-state index is 11.7. The molecule has 0 aliphatic heterocycles. The van der Waals surface area contributed by atoms with Gasteiger partial charge in [-0.25, -0.2) is 0 Å². The second-order valence-electron chi connectivity index (χ2n) is 4.36. The van der Waals surface area contributed by atoms with Crippen LogP contribution in [0.25, 0.3) is 0 Å². The number of ether oxygens (including phenoxy) is 1. The summed E-state index contributed by atoms with van der Waals surface area (Å²) < 4.78 is 5.53. The Bertz CT molecular complexity index is 382. The molecule has 0 saturated carbocycles. The molecule has 0 bridgehead atoms. The molecule has 0 aliphatic rings. The molecule has 0 aliphatic carbocycles. The number of carbonyl (C=O) groups is 1. The van der Waals surface area contributed by atoms with Crippen LogP contribution in [0.1, 0.15) is 19.3 Å². The molecule has 0 fully saturated rings. The molecular formula is C14H21ClN2O2. The van der Waals surface area contributed by atoms with Gasteiger partial charge in [0.2, 0.25) is 5.91 Å². The van der Waals surface area contributed by atoms with Gasteiger partial charge in [-0.15, -0.1) is 0 Å². The van der Waals surface area contributed by atoms with Gasteiger partial charge in [-0.05, 0) is 43.7 Å². The predicted molar refractivity (Wildman–Crippen MR) is 77.5 cm³/mol. The topological polar surface area (TPSA) is 55.6 Å². The zero-order valence-electron chi connectivity index (χ0n) is 11.3. The minimum absolute atomic E-state index is 0.133. The van der Waals surface area contributed by atoms with E-state index < -0.39 is 0 Å². The fourth-order valence-electron chi connectivity index (χ4n) is 1.57. The van der Waals surface area contributed by atoms with Crippen LogP contribution in [0, 0.1) is 0 Å². The summed E-state index contributed by atoms with van der Waals surface area (Å²) in [6, 6.07) is 7.17. The quantitative estimate of drug-likeness (QED) is 0.745. The standard InChI is InChI=1S/C14H21ClN2O2/c1-17(14(18)4-2-3-9-16)10-11-19-13-7-5-12(15)6-8-13/h5-8H,2-4,9-11,16H2,1H3. The number of unbranched alkanes of at least 4 members (excludes halogenated alkanes) is 1. The van der Waals surface area contributed by atoms with Crippen LogP contribution in [-0.4, -0.2) is 37.6 Å². The molecule has 106 valence electrons. The third-order valence-corrected chi connectivity index (χ3v) is 3.03. The fraction of sp³-hybridized carbons (Fsp3) is 0.500. The van der Waals surface area contributed by atoms with Crippen LogP contribution in [0.2, 0.25) is 5.02 Å². The van der Waals surface area contributed by atoms with E-state index in [1.165, 1.54) is 0 Å². The number of amides is 1. The molecule has 0 saturated heterocycles. The summed E-state index contributed by atoms with van der Waals surface area (Å²) in [5.41, 5.74) is 5.39. The van der Waals surface area contributed by atoms with E-state index in [-0.39, 0.29) is 5.91 Å². The van der Waals surface area contributed by atoms with Crippen molar-refractivity contribution in [2.24, 2.45) is 5.73 Å². The SMILES string of the molecule is CN(CCOc1ccc(Cl)cc1)C(=O)CCCCN. The number of hydrogen-bond donors (Lipinski definition) is 1. The molecule has 0 aromatic heterocycles. The smallest absolute Gasteiger partial charge is 0.222 e. The Morgan fingerprint density at radius 3 is 2.63 bits per heavy atom. The summed E-state index contributed by atoms with van der Waals surface area (Å²) in [4.78, 5) is 13.4. The molecule has 0 spiro atoms. The average Bonchev–Trinajstić information content (AvgIpc) is 2.41. The Balaban J connectivity index is 2.20. The van der Waals surface area contributed by atoms with E-state index in [0.717, 1.165) is 18.6 Å². The van der Waals surface area contributed by atoms with Crippen molar-refractivity contribution >= 4 is 17.5 Å². The third-order valence-electron chi connectivity index (χ3n) is 2.78. The van der Waals surface area contributed by atoms with Crippen molar-refractivity contribution in [3.05, 3.63) is 29.3 Å². The highest BCUT2D eigenvalue weighted by Crippen LogP contribution is 2.15. The van der Waals surface area contributed by atoms with Crippen LogP contribution >= 0.6 is 11.6 Å². The molecule has 1 aromatic carbocycles. The largest absolute Gasteiger partial charge is 0.492 e. The maximum Gasteiger partial charge on any atom is 0.222 e. The molecule has 4 nitrogen and oxygen atoms in total. The second-order valence-corrected chi connectivity index (χ2v) is 4.80. The first-order valence-corrected chi connectivity index (χ1v) is 6.83. The average molecular weight is 285 g/mol. The normalized spacial score (nSPS) is 10.3. The van der Waals surface area contributed by atoms with Gasteiger partial charge >= 0.3 is 0 Å². The van der Waals surface area contributed by atoms with E-state index in [4.69, 9.17) is 22.1 Å². The Hall–Kier alpha value is -1.26. The van der Waals surface area contributed by atoms with Crippen LogP contribution in [0.4, 0.5) is 0 Å². The monoisotopic (exact) mass is 284 g/mol. The number of halogens is 1. The number of benzene rings is 1. The molecule has 0 heterocycles. The minimum atomic E-state index is 0.133. The van der Waals surface area contributed by atoms with E-state index in [2.05, 4.69) is 0 Å². The molecule has 1 aromatic rings. The first-order chi connectivity index (χ1) is 9.13. The van der Waals surface area contributed by atoms with Crippen molar-refractivity contribution in [1.29, 1.82) is 0 Å². The minimum Gasteiger partial charge on any atom is -0.492 e. The van der Waals surface area contributed by atoms with E-state index in [9.17, 15) is 4.79 Å². The highest BCUT2D eigenvalue weighted by Gasteiger charge is 2.07. The van der Waals surface area contributed by atoms with E-state index in [1.807, 2.05) is 12.1 Å². The molecule has 19 heavy (non-hydrogen) atoms. The Labute approximate surface area is 119 Å². The van der Waals surface area contributed by atoms with Crippen LogP contribution in [-0.2, 0) is 4.79 Å². The fourth-order valence-corrected chi connectivity index (χ4v) is 1.69. The van der Waals surface area contributed by atoms with Gasteiger partial charge in [0, 0.05) is 18.5 Å². The van der Waals surface area contributed by atoms with Gasteiger partial charge in [-0.2, -0.15) is 0 Å². The van der Waals surface area contributed by atoms with Gasteiger partial charge in [-0.1, -0.05) is 11.6 Å². The van der Waals surface area contributed by atoms with E-state index >= 15 is 0 Å². The number of nitrogens with two attached hydrogens (primary N) is 1. The van der Waals surface area contributed by atoms with Crippen molar-refractivity contribution < 1.29 is 9.53 Å². The molecule has 5 heteroatoms. The van der Waals surface area contributed by atoms with Gasteiger partial charge in [0.1, 0.15) is 12.4 Å². The Kier molecular flexibility index (Phi) is 7.30. The van der Waals surface area contributed by atoms with Gasteiger partial charge in [0.15, 0.2) is 0 Å². The molecule has 0 radical (unpaired) electrons. The maximum atomic E-state index is 11.7. The van der Waals surface area contributed by atoms with Gasteiger partial charge in [0.25, 0.3) is 0 Å². The molecule has 0 atom stereocenters. The lowest BCUT2D eigenvalue weighted by atomic mass is 10.2. The van der Waals surface area contributed by atoms with Crippen molar-refractivity contribution in [3.63, 3.8) is 0 Å². The highest BCUT2D eigenvalue weighted by molar-refractivity contribution is 6.30. The lowest BCUT2D eigenvalue weighted by molar-refractivity contribution is -0.130. The molecular weight excluding hydrogens is 264 g/mol. The van der Waals surface area contributed by atoms with Crippen molar-refractivity contribution in [2.45, 2.75) is 19.3 Å². The summed E-state index contributed by atoms with van der Waals surface area (Å²) in [6.07, 6.45) is 2.28. The van der Waals surface area contributed by atoms with Gasteiger partial charge in [0.05, 0.1) is 6.54 Å². The summed E-state index contributed by atoms with van der Waals surface area (Å²) in [6.45, 7) is 1.68.